The number of nitrogens with one attached hydrogen (secondary N) is 1. The molecule has 1 aliphatic carbocycles. The maximum Gasteiger partial charge on any atom is 0.405 e. The van der Waals surface area contributed by atoms with Gasteiger partial charge in [-0.25, -0.2) is 4.79 Å². The summed E-state index contributed by atoms with van der Waals surface area (Å²) in [5.41, 5.74) is 2.61. The molecular weight excluding hydrogens is 335 g/mol. The van der Waals surface area contributed by atoms with E-state index in [2.05, 4.69) is 0 Å². The third-order valence-corrected chi connectivity index (χ3v) is 4.21. The van der Waals surface area contributed by atoms with Gasteiger partial charge in [-0.15, -0.1) is 0 Å². The summed E-state index contributed by atoms with van der Waals surface area (Å²) in [5, 5.41) is 3.46. The molecule has 0 bridgehead atoms. The molecule has 0 spiro atoms. The maximum absolute atomic E-state index is 12.4. The van der Waals surface area contributed by atoms with Gasteiger partial charge >= 0.3 is 12.1 Å². The first-order valence-corrected chi connectivity index (χ1v) is 7.85. The molecule has 1 amide bonds. The van der Waals surface area contributed by atoms with Crippen molar-refractivity contribution >= 4 is 22.6 Å². The summed E-state index contributed by atoms with van der Waals surface area (Å²) in [6.07, 6.45) is -4.03. The van der Waals surface area contributed by atoms with Crippen molar-refractivity contribution in [3.8, 4) is 0 Å². The molecule has 0 aliphatic heterocycles. The van der Waals surface area contributed by atoms with Crippen molar-refractivity contribution in [2.45, 2.75) is 32.0 Å². The molecule has 3 rings (SSSR count). The van der Waals surface area contributed by atoms with Gasteiger partial charge < -0.3 is 10.1 Å². The summed E-state index contributed by atoms with van der Waals surface area (Å²) >= 11 is 0. The fourth-order valence-corrected chi connectivity index (χ4v) is 3.03. The van der Waals surface area contributed by atoms with E-state index >= 15 is 0 Å². The predicted molar refractivity (Wildman–Crippen MR) is 85.3 cm³/mol. The topological polar surface area (TPSA) is 55.4 Å². The fraction of sp³-hybridized carbons (Fsp3) is 0.333. The molecule has 132 valence electrons. The van der Waals surface area contributed by atoms with Crippen molar-refractivity contribution in [3.63, 3.8) is 0 Å². The van der Waals surface area contributed by atoms with E-state index in [1.54, 1.807) is 17.4 Å². The van der Waals surface area contributed by atoms with Crippen molar-refractivity contribution in [3.05, 3.63) is 47.0 Å². The molecule has 0 radical (unpaired) electrons. The largest absolute Gasteiger partial charge is 0.449 e. The Hall–Kier alpha value is -2.57. The molecule has 2 aromatic carbocycles. The summed E-state index contributed by atoms with van der Waals surface area (Å²) in [5.74, 6) is -1.72. The van der Waals surface area contributed by atoms with E-state index in [1.165, 1.54) is 6.92 Å². The van der Waals surface area contributed by atoms with Gasteiger partial charge in [0.05, 0.1) is 5.56 Å². The third-order valence-electron chi connectivity index (χ3n) is 4.21. The zero-order chi connectivity index (χ0) is 18.2. The van der Waals surface area contributed by atoms with E-state index in [1.807, 2.05) is 18.2 Å². The molecule has 0 aromatic heterocycles. The molecule has 1 atom stereocenters. The molecule has 25 heavy (non-hydrogen) atoms. The number of halogens is 3. The quantitative estimate of drug-likeness (QED) is 0.861. The van der Waals surface area contributed by atoms with Gasteiger partial charge in [-0.3, -0.25) is 4.79 Å². The van der Waals surface area contributed by atoms with Crippen molar-refractivity contribution in [1.29, 1.82) is 0 Å². The highest BCUT2D eigenvalue weighted by Gasteiger charge is 2.30. The normalized spacial score (nSPS) is 14.4. The molecule has 0 heterocycles. The van der Waals surface area contributed by atoms with Gasteiger partial charge in [-0.2, -0.15) is 13.2 Å². The highest BCUT2D eigenvalue weighted by molar-refractivity contribution is 6.07. The zero-order valence-electron chi connectivity index (χ0n) is 13.4. The number of carbonyl (C=O) groups excluding carboxylic acids is 2. The Morgan fingerprint density at radius 2 is 1.84 bits per heavy atom. The summed E-state index contributed by atoms with van der Waals surface area (Å²) in [7, 11) is 0. The van der Waals surface area contributed by atoms with Crippen LogP contribution in [0.25, 0.3) is 10.8 Å². The molecular formula is C18H16F3NO3. The van der Waals surface area contributed by atoms with Gasteiger partial charge in [-0.1, -0.05) is 24.3 Å². The summed E-state index contributed by atoms with van der Waals surface area (Å²) in [6, 6.07) is 9.14. The van der Waals surface area contributed by atoms with Gasteiger partial charge in [-0.05, 0) is 47.7 Å². The minimum atomic E-state index is -4.52. The van der Waals surface area contributed by atoms with Crippen molar-refractivity contribution in [1.82, 2.24) is 5.32 Å². The van der Waals surface area contributed by atoms with E-state index in [9.17, 15) is 22.8 Å². The number of esters is 1. The number of rotatable bonds is 4. The SMILES string of the molecule is CC(OC(=O)c1ccc2c3c(cccc13)CC2)C(=O)NCC(F)(F)F. The number of amides is 1. The van der Waals surface area contributed by atoms with Crippen LogP contribution in [0.15, 0.2) is 30.3 Å². The number of hydrogen-bond acceptors (Lipinski definition) is 3. The first kappa shape index (κ1) is 17.3. The van der Waals surface area contributed by atoms with Gasteiger partial charge in [0.15, 0.2) is 6.10 Å². The first-order valence-electron chi connectivity index (χ1n) is 7.85. The van der Waals surface area contributed by atoms with Crippen molar-refractivity contribution < 1.29 is 27.5 Å². The van der Waals surface area contributed by atoms with Gasteiger partial charge in [0, 0.05) is 0 Å². The van der Waals surface area contributed by atoms with E-state index < -0.39 is 30.7 Å². The highest BCUT2D eigenvalue weighted by Crippen LogP contribution is 2.33. The average Bonchev–Trinajstić information content (AvgIpc) is 2.97. The molecule has 4 nitrogen and oxygen atoms in total. The van der Waals surface area contributed by atoms with Crippen molar-refractivity contribution in [2.24, 2.45) is 0 Å². The Morgan fingerprint density at radius 1 is 1.16 bits per heavy atom. The Kier molecular flexibility index (Phi) is 4.41. The smallest absolute Gasteiger partial charge is 0.405 e. The summed E-state index contributed by atoms with van der Waals surface area (Å²) in [6.45, 7) is -0.224. The molecule has 1 N–H and O–H groups in total. The van der Waals surface area contributed by atoms with E-state index in [-0.39, 0.29) is 0 Å². The Balaban J connectivity index is 1.76. The van der Waals surface area contributed by atoms with Crippen LogP contribution in [-0.4, -0.2) is 30.7 Å². The predicted octanol–water partition coefficient (Wildman–Crippen LogP) is 3.16. The first-order chi connectivity index (χ1) is 11.8. The average molecular weight is 351 g/mol. The third kappa shape index (κ3) is 3.60. The van der Waals surface area contributed by atoms with E-state index in [0.717, 1.165) is 34.7 Å². The van der Waals surface area contributed by atoms with Crippen LogP contribution in [0.4, 0.5) is 13.2 Å². The molecule has 7 heteroatoms. The number of ether oxygens (including phenoxy) is 1. The van der Waals surface area contributed by atoms with Crippen LogP contribution in [0.2, 0.25) is 0 Å². The number of alkyl halides is 3. The second kappa shape index (κ2) is 6.38. The summed E-state index contributed by atoms with van der Waals surface area (Å²) in [4.78, 5) is 24.0. The Labute approximate surface area is 142 Å². The lowest BCUT2D eigenvalue weighted by atomic mass is 10.00. The second-order valence-corrected chi connectivity index (χ2v) is 5.99. The number of carbonyl (C=O) groups is 2. The van der Waals surface area contributed by atoms with E-state index in [0.29, 0.717) is 5.56 Å². The summed E-state index contributed by atoms with van der Waals surface area (Å²) < 4.78 is 41.5. The lowest BCUT2D eigenvalue weighted by molar-refractivity contribution is -0.143. The monoisotopic (exact) mass is 351 g/mol. The van der Waals surface area contributed by atoms with Crippen LogP contribution >= 0.6 is 0 Å². The molecule has 1 aliphatic rings. The number of aryl methyl sites for hydroxylation is 2. The van der Waals surface area contributed by atoms with E-state index in [4.69, 9.17) is 4.74 Å². The second-order valence-electron chi connectivity index (χ2n) is 5.99. The lowest BCUT2D eigenvalue weighted by Crippen LogP contribution is -2.40. The number of benzene rings is 2. The van der Waals surface area contributed by atoms with Crippen LogP contribution in [0, 0.1) is 0 Å². The molecule has 1 unspecified atom stereocenters. The van der Waals surface area contributed by atoms with Crippen molar-refractivity contribution in [2.75, 3.05) is 6.54 Å². The fourth-order valence-electron chi connectivity index (χ4n) is 3.03. The minimum absolute atomic E-state index is 0.304. The molecule has 0 saturated heterocycles. The van der Waals surface area contributed by atoms with Gasteiger partial charge in [0.25, 0.3) is 5.91 Å². The zero-order valence-corrected chi connectivity index (χ0v) is 13.4. The van der Waals surface area contributed by atoms with Gasteiger partial charge in [0.1, 0.15) is 6.54 Å². The van der Waals surface area contributed by atoms with Gasteiger partial charge in [0.2, 0.25) is 0 Å². The minimum Gasteiger partial charge on any atom is -0.449 e. The molecule has 2 aromatic rings. The maximum atomic E-state index is 12.4. The van der Waals surface area contributed by atoms with Crippen LogP contribution < -0.4 is 5.32 Å². The van der Waals surface area contributed by atoms with Crippen LogP contribution in [-0.2, 0) is 22.4 Å². The standard InChI is InChI=1S/C18H16F3NO3/c1-10(16(23)22-9-18(19,20)21)25-17(24)14-8-7-12-6-5-11-3-2-4-13(14)15(11)12/h2-4,7-8,10H,5-6,9H2,1H3,(H,22,23). The molecule has 0 fully saturated rings. The Morgan fingerprint density at radius 3 is 2.52 bits per heavy atom. The number of hydrogen-bond donors (Lipinski definition) is 1. The Bertz CT molecular complexity index is 835. The lowest BCUT2D eigenvalue weighted by Gasteiger charge is -2.15. The van der Waals surface area contributed by atoms with Crippen LogP contribution in [0.3, 0.4) is 0 Å². The molecule has 0 saturated carbocycles. The van der Waals surface area contributed by atoms with Crippen LogP contribution in [0.1, 0.15) is 28.4 Å². The highest BCUT2D eigenvalue weighted by atomic mass is 19.4. The van der Waals surface area contributed by atoms with Crippen LogP contribution in [0.5, 0.6) is 0 Å².